The van der Waals surface area contributed by atoms with Crippen molar-refractivity contribution in [3.63, 3.8) is 0 Å². The summed E-state index contributed by atoms with van der Waals surface area (Å²) < 4.78 is 4.91. The van der Waals surface area contributed by atoms with Gasteiger partial charge in [0.25, 0.3) is 11.8 Å². The van der Waals surface area contributed by atoms with Gasteiger partial charge in [-0.3, -0.25) is 19.3 Å². The van der Waals surface area contributed by atoms with Crippen LogP contribution in [0.3, 0.4) is 0 Å². The zero-order valence-electron chi connectivity index (χ0n) is 15.5. The topological polar surface area (TPSA) is 141 Å². The molecule has 3 amide bonds. The average molecular weight is 390 g/mol. The van der Waals surface area contributed by atoms with Crippen molar-refractivity contribution in [3.8, 4) is 0 Å². The molecule has 28 heavy (non-hydrogen) atoms. The third-order valence-corrected chi connectivity index (χ3v) is 4.77. The zero-order valence-corrected chi connectivity index (χ0v) is 15.5. The Morgan fingerprint density at radius 3 is 2.21 bits per heavy atom. The lowest BCUT2D eigenvalue weighted by Crippen LogP contribution is -2.68. The number of esters is 1. The predicted octanol–water partition coefficient (Wildman–Crippen LogP) is -1.45. The summed E-state index contributed by atoms with van der Waals surface area (Å²) in [6, 6.07) is 6.61. The Morgan fingerprint density at radius 1 is 1.14 bits per heavy atom. The number of hydrogen-bond acceptors (Lipinski definition) is 9. The van der Waals surface area contributed by atoms with Crippen LogP contribution in [0.15, 0.2) is 24.3 Å². The van der Waals surface area contributed by atoms with Gasteiger partial charge in [0.15, 0.2) is 5.54 Å². The summed E-state index contributed by atoms with van der Waals surface area (Å²) in [6.07, 6.45) is -0.354. The first kappa shape index (κ1) is 19.9. The smallest absolute Gasteiger partial charge is 0.334 e. The maximum atomic E-state index is 12.6. The molecule has 2 aliphatic heterocycles. The second-order valence-electron chi connectivity index (χ2n) is 6.53. The van der Waals surface area contributed by atoms with Crippen LogP contribution in [0.2, 0.25) is 0 Å². The van der Waals surface area contributed by atoms with Gasteiger partial charge in [0.05, 0.1) is 18.2 Å². The number of rotatable bonds is 7. The van der Waals surface area contributed by atoms with E-state index in [9.17, 15) is 19.2 Å². The monoisotopic (exact) mass is 390 g/mol. The molecular weight excluding hydrogens is 368 g/mol. The molecule has 11 heteroatoms. The van der Waals surface area contributed by atoms with Crippen LogP contribution in [0.1, 0.15) is 40.5 Å². The molecule has 11 nitrogen and oxygen atoms in total. The highest BCUT2D eigenvalue weighted by Gasteiger charge is 2.49. The van der Waals surface area contributed by atoms with E-state index in [1.54, 1.807) is 24.3 Å². The number of benzene rings is 1. The minimum absolute atomic E-state index is 0.0955. The van der Waals surface area contributed by atoms with Gasteiger partial charge in [-0.25, -0.2) is 15.6 Å². The van der Waals surface area contributed by atoms with Gasteiger partial charge in [0, 0.05) is 13.5 Å². The Bertz CT molecular complexity index is 774. The molecule has 0 aromatic heterocycles. The predicted molar refractivity (Wildman–Crippen MR) is 95.9 cm³/mol. The van der Waals surface area contributed by atoms with E-state index in [1.807, 2.05) is 0 Å². The third kappa shape index (κ3) is 3.47. The van der Waals surface area contributed by atoms with Crippen LogP contribution in [-0.4, -0.2) is 54.0 Å². The minimum Gasteiger partial charge on any atom is -0.467 e. The number of fused-ring (bicyclic) bond motifs is 1. The first-order chi connectivity index (χ1) is 13.4. The lowest BCUT2D eigenvalue weighted by Gasteiger charge is -2.36. The molecule has 1 atom stereocenters. The molecule has 0 radical (unpaired) electrons. The molecule has 150 valence electrons. The van der Waals surface area contributed by atoms with Crippen molar-refractivity contribution in [2.24, 2.45) is 0 Å². The lowest BCUT2D eigenvalue weighted by molar-refractivity contribution is -0.153. The van der Waals surface area contributed by atoms with Crippen LogP contribution >= 0.6 is 0 Å². The number of nitrogens with zero attached hydrogens (tertiary/aromatic N) is 1. The fourth-order valence-electron chi connectivity index (χ4n) is 3.50. The Kier molecular flexibility index (Phi) is 5.70. The number of hydrazine groups is 3. The van der Waals surface area contributed by atoms with Crippen molar-refractivity contribution >= 4 is 23.7 Å². The largest absolute Gasteiger partial charge is 0.467 e. The second kappa shape index (κ2) is 8.02. The van der Waals surface area contributed by atoms with Gasteiger partial charge < -0.3 is 10.1 Å². The highest BCUT2D eigenvalue weighted by atomic mass is 16.5. The summed E-state index contributed by atoms with van der Waals surface area (Å²) in [5.41, 5.74) is 10.0. The first-order valence-corrected chi connectivity index (χ1v) is 8.74. The van der Waals surface area contributed by atoms with Gasteiger partial charge >= 0.3 is 5.97 Å². The van der Waals surface area contributed by atoms with E-state index in [-0.39, 0.29) is 31.2 Å². The highest BCUT2D eigenvalue weighted by Crippen LogP contribution is 2.25. The molecule has 1 aromatic rings. The van der Waals surface area contributed by atoms with Crippen LogP contribution in [0.25, 0.3) is 0 Å². The number of methoxy groups -OCH3 is 1. The van der Waals surface area contributed by atoms with E-state index in [0.717, 1.165) is 4.90 Å². The van der Waals surface area contributed by atoms with E-state index in [2.05, 4.69) is 27.2 Å². The molecule has 0 spiro atoms. The number of carbonyl (C=O) groups is 4. The van der Waals surface area contributed by atoms with Gasteiger partial charge in [0.2, 0.25) is 5.91 Å². The van der Waals surface area contributed by atoms with Crippen molar-refractivity contribution in [1.82, 2.24) is 32.1 Å². The average Bonchev–Trinajstić information content (AvgIpc) is 3.30. The fraction of sp³-hybridized carbons (Fsp3) is 0.412. The van der Waals surface area contributed by atoms with Crippen molar-refractivity contribution in [2.75, 3.05) is 13.7 Å². The summed E-state index contributed by atoms with van der Waals surface area (Å²) >= 11 is 0. The maximum Gasteiger partial charge on any atom is 0.334 e. The SMILES string of the molecule is COC(=O)C(CCCN1C(=O)c2ccccc2C1=O)(NC(C)=O)C1NNNN1. The molecule has 1 aromatic carbocycles. The Labute approximate surface area is 161 Å². The number of ether oxygens (including phenoxy) is 1. The molecule has 1 fully saturated rings. The van der Waals surface area contributed by atoms with E-state index in [0.29, 0.717) is 11.1 Å². The summed E-state index contributed by atoms with van der Waals surface area (Å²) in [5.74, 6) is -1.84. The van der Waals surface area contributed by atoms with Gasteiger partial charge in [0.1, 0.15) is 6.17 Å². The Morgan fingerprint density at radius 2 is 1.71 bits per heavy atom. The molecule has 0 saturated carbocycles. The number of nitrogens with one attached hydrogen (secondary N) is 5. The molecule has 3 rings (SSSR count). The van der Waals surface area contributed by atoms with Crippen LogP contribution < -0.4 is 27.2 Å². The van der Waals surface area contributed by atoms with Crippen molar-refractivity contribution in [1.29, 1.82) is 0 Å². The lowest BCUT2D eigenvalue weighted by atomic mass is 9.89. The number of carbonyl (C=O) groups excluding carboxylic acids is 4. The van der Waals surface area contributed by atoms with E-state index in [1.165, 1.54) is 14.0 Å². The van der Waals surface area contributed by atoms with E-state index in [4.69, 9.17) is 4.74 Å². The molecule has 2 aliphatic rings. The van der Waals surface area contributed by atoms with Crippen LogP contribution in [0.5, 0.6) is 0 Å². The Hall–Kier alpha value is -2.86. The summed E-state index contributed by atoms with van der Waals surface area (Å²) in [5, 5.41) is 2.64. The van der Waals surface area contributed by atoms with Crippen molar-refractivity contribution in [3.05, 3.63) is 35.4 Å². The van der Waals surface area contributed by atoms with Gasteiger partial charge in [-0.1, -0.05) is 12.1 Å². The van der Waals surface area contributed by atoms with Crippen LogP contribution in [0, 0.1) is 0 Å². The minimum atomic E-state index is -1.46. The quantitative estimate of drug-likeness (QED) is 0.279. The second-order valence-corrected chi connectivity index (χ2v) is 6.53. The van der Waals surface area contributed by atoms with E-state index >= 15 is 0 Å². The zero-order chi connectivity index (χ0) is 20.3. The molecule has 5 N–H and O–H groups in total. The van der Waals surface area contributed by atoms with Gasteiger partial charge in [-0.15, -0.1) is 0 Å². The standard InChI is InChI=1S/C17H22N6O5/c1-10(24)18-17(16(27)28-2,15-19-21-22-20-15)8-5-9-23-13(25)11-6-3-4-7-12(11)14(23)26/h3-4,6-7,15,19-22H,5,8-9H2,1-2H3,(H,18,24). The molecule has 0 bridgehead atoms. The molecule has 0 aliphatic carbocycles. The molecule has 2 heterocycles. The number of imide groups is 1. The molecule has 1 unspecified atom stereocenters. The first-order valence-electron chi connectivity index (χ1n) is 8.74. The van der Waals surface area contributed by atoms with Crippen LogP contribution in [-0.2, 0) is 14.3 Å². The summed E-state index contributed by atoms with van der Waals surface area (Å²) in [6.45, 7) is 1.38. The number of hydrogen-bond donors (Lipinski definition) is 5. The summed E-state index contributed by atoms with van der Waals surface area (Å²) in [4.78, 5) is 50.5. The Balaban J connectivity index is 1.75. The maximum absolute atomic E-state index is 12.6. The van der Waals surface area contributed by atoms with Gasteiger partial charge in [-0.05, 0) is 25.0 Å². The normalized spacial score (nSPS) is 18.7. The molecular formula is C17H22N6O5. The highest BCUT2D eigenvalue weighted by molar-refractivity contribution is 6.21. The summed E-state index contributed by atoms with van der Waals surface area (Å²) in [7, 11) is 1.22. The molecule has 1 saturated heterocycles. The third-order valence-electron chi connectivity index (χ3n) is 4.77. The van der Waals surface area contributed by atoms with Crippen molar-refractivity contribution < 1.29 is 23.9 Å². The van der Waals surface area contributed by atoms with Crippen molar-refractivity contribution in [2.45, 2.75) is 31.5 Å². The number of amides is 3. The fourth-order valence-corrected chi connectivity index (χ4v) is 3.50. The van der Waals surface area contributed by atoms with Gasteiger partial charge in [-0.2, -0.15) is 11.1 Å². The van der Waals surface area contributed by atoms with E-state index < -0.39 is 23.6 Å². The van der Waals surface area contributed by atoms with Crippen LogP contribution in [0.4, 0.5) is 0 Å².